The van der Waals surface area contributed by atoms with Gasteiger partial charge in [-0.25, -0.2) is 14.6 Å². The lowest BCUT2D eigenvalue weighted by Gasteiger charge is -2.20. The molecule has 21 heavy (non-hydrogen) atoms. The molecule has 6 nitrogen and oxygen atoms in total. The van der Waals surface area contributed by atoms with Crippen LogP contribution < -0.4 is 11.6 Å². The highest BCUT2D eigenvalue weighted by molar-refractivity contribution is 5.68. The molecule has 0 saturated heterocycles. The molecular formula is C15H24N6. The molecule has 2 aromatic rings. The van der Waals surface area contributed by atoms with Crippen LogP contribution in [0.15, 0.2) is 12.5 Å². The van der Waals surface area contributed by atoms with E-state index < -0.39 is 0 Å². The van der Waals surface area contributed by atoms with E-state index in [-0.39, 0.29) is 0 Å². The lowest BCUT2D eigenvalue weighted by atomic mass is 9.89. The van der Waals surface area contributed by atoms with Crippen molar-refractivity contribution in [2.75, 3.05) is 11.6 Å². The van der Waals surface area contributed by atoms with Gasteiger partial charge in [-0.1, -0.05) is 26.2 Å². The summed E-state index contributed by atoms with van der Waals surface area (Å²) in [6.45, 7) is 3.05. The smallest absolute Gasteiger partial charge is 0.152 e. The van der Waals surface area contributed by atoms with Crippen molar-refractivity contribution in [2.45, 2.75) is 57.9 Å². The Morgan fingerprint density at radius 2 is 2.05 bits per heavy atom. The van der Waals surface area contributed by atoms with E-state index in [2.05, 4.69) is 16.5 Å². The fourth-order valence-electron chi connectivity index (χ4n) is 3.24. The maximum Gasteiger partial charge on any atom is 0.152 e. The van der Waals surface area contributed by atoms with Gasteiger partial charge in [0.25, 0.3) is 0 Å². The number of aryl methyl sites for hydroxylation is 1. The first-order chi connectivity index (χ1) is 10.2. The second-order valence-electron chi connectivity index (χ2n) is 5.88. The minimum atomic E-state index is 0.433. The highest BCUT2D eigenvalue weighted by atomic mass is 15.4. The van der Waals surface area contributed by atoms with Gasteiger partial charge in [0.2, 0.25) is 0 Å². The molecule has 0 atom stereocenters. The molecule has 6 heteroatoms. The molecule has 4 N–H and O–H groups in total. The third kappa shape index (κ3) is 2.50. The summed E-state index contributed by atoms with van der Waals surface area (Å²) in [7, 11) is 0. The molecule has 0 amide bonds. The summed E-state index contributed by atoms with van der Waals surface area (Å²) in [6.07, 6.45) is 10.8. The molecule has 1 saturated carbocycles. The van der Waals surface area contributed by atoms with Gasteiger partial charge in [0.1, 0.15) is 11.5 Å². The maximum atomic E-state index is 6.20. The average molecular weight is 288 g/mol. The number of anilines is 1. The average Bonchev–Trinajstić information content (AvgIpc) is 3.07. The highest BCUT2D eigenvalue weighted by Crippen LogP contribution is 2.35. The van der Waals surface area contributed by atoms with E-state index in [0.717, 1.165) is 43.0 Å². The zero-order valence-electron chi connectivity index (χ0n) is 12.6. The first-order valence-corrected chi connectivity index (χ1v) is 7.86. The van der Waals surface area contributed by atoms with Crippen LogP contribution in [0.25, 0.3) is 11.4 Å². The van der Waals surface area contributed by atoms with E-state index in [1.54, 1.807) is 4.68 Å². The topological polar surface area (TPSA) is 87.7 Å². The number of nitrogens with two attached hydrogens (primary N) is 2. The van der Waals surface area contributed by atoms with E-state index in [4.69, 9.17) is 16.6 Å². The summed E-state index contributed by atoms with van der Waals surface area (Å²) in [6, 6.07) is 0. The highest BCUT2D eigenvalue weighted by Gasteiger charge is 2.24. The monoisotopic (exact) mass is 288 g/mol. The molecule has 1 aliphatic rings. The minimum absolute atomic E-state index is 0.433. The number of hydrogen-bond donors (Lipinski definition) is 2. The van der Waals surface area contributed by atoms with Crippen molar-refractivity contribution in [3.05, 3.63) is 18.3 Å². The third-order valence-corrected chi connectivity index (χ3v) is 4.37. The lowest BCUT2D eigenvalue weighted by molar-refractivity contribution is 0.424. The maximum absolute atomic E-state index is 6.20. The fourth-order valence-corrected chi connectivity index (χ4v) is 3.24. The Morgan fingerprint density at radius 1 is 1.29 bits per heavy atom. The zero-order chi connectivity index (χ0) is 14.8. The van der Waals surface area contributed by atoms with E-state index in [9.17, 15) is 0 Å². The number of aromatic nitrogens is 4. The molecule has 2 heterocycles. The van der Waals surface area contributed by atoms with Gasteiger partial charge < -0.3 is 16.1 Å². The van der Waals surface area contributed by atoms with Crippen LogP contribution in [0.1, 0.15) is 57.2 Å². The molecule has 0 radical (unpaired) electrons. The predicted octanol–water partition coefficient (Wildman–Crippen LogP) is 2.50. The Bertz CT molecular complexity index is 606. The summed E-state index contributed by atoms with van der Waals surface area (Å²) < 4.78 is 3.66. The van der Waals surface area contributed by atoms with E-state index in [1.807, 2.05) is 12.5 Å². The summed E-state index contributed by atoms with van der Waals surface area (Å²) in [4.78, 5) is 9.00. The molecule has 3 rings (SSSR count). The van der Waals surface area contributed by atoms with Crippen molar-refractivity contribution in [2.24, 2.45) is 0 Å². The van der Waals surface area contributed by atoms with Crippen LogP contribution >= 0.6 is 0 Å². The molecule has 0 bridgehead atoms. The summed E-state index contributed by atoms with van der Waals surface area (Å²) in [5.41, 5.74) is 7.92. The number of hydrogen-bond acceptors (Lipinski definition) is 4. The normalized spacial score (nSPS) is 16.4. The van der Waals surface area contributed by atoms with Crippen LogP contribution in [-0.2, 0) is 6.54 Å². The van der Waals surface area contributed by atoms with Crippen molar-refractivity contribution in [1.82, 2.24) is 19.2 Å². The van der Waals surface area contributed by atoms with Crippen molar-refractivity contribution in [3.63, 3.8) is 0 Å². The third-order valence-electron chi connectivity index (χ3n) is 4.37. The lowest BCUT2D eigenvalue weighted by Crippen LogP contribution is -2.19. The molecule has 114 valence electrons. The molecule has 1 fully saturated rings. The molecule has 1 aliphatic carbocycles. The largest absolute Gasteiger partial charge is 0.382 e. The molecule has 0 aromatic carbocycles. The van der Waals surface area contributed by atoms with Crippen LogP contribution in [0.4, 0.5) is 5.82 Å². The molecule has 0 unspecified atom stereocenters. The Hall–Kier alpha value is -1.98. The first kappa shape index (κ1) is 14.0. The van der Waals surface area contributed by atoms with Crippen molar-refractivity contribution < 1.29 is 0 Å². The quantitative estimate of drug-likeness (QED) is 0.846. The molecule has 2 aromatic heterocycles. The van der Waals surface area contributed by atoms with Gasteiger partial charge in [-0.3, -0.25) is 0 Å². The predicted molar refractivity (Wildman–Crippen MR) is 84.1 cm³/mol. The standard InChI is InChI=1S/C15H24N6/c1-2-8-20-10-18-9-12(20)13-14(16)21(17)15(19-13)11-6-4-3-5-7-11/h9-11H,2-8,16-17H2,1H3. The second-order valence-corrected chi connectivity index (χ2v) is 5.88. The van der Waals surface area contributed by atoms with Crippen molar-refractivity contribution in [3.8, 4) is 11.4 Å². The van der Waals surface area contributed by atoms with Gasteiger partial charge in [-0.2, -0.15) is 0 Å². The van der Waals surface area contributed by atoms with Gasteiger partial charge in [-0.15, -0.1) is 0 Å². The Morgan fingerprint density at radius 3 is 2.76 bits per heavy atom. The van der Waals surface area contributed by atoms with Gasteiger partial charge in [-0.05, 0) is 19.3 Å². The number of nitrogens with zero attached hydrogens (tertiary/aromatic N) is 4. The van der Waals surface area contributed by atoms with Gasteiger partial charge in [0.05, 0.1) is 18.2 Å². The number of imidazole rings is 2. The Balaban J connectivity index is 1.97. The van der Waals surface area contributed by atoms with Gasteiger partial charge >= 0.3 is 0 Å². The molecule has 0 spiro atoms. The number of rotatable bonds is 4. The summed E-state index contributed by atoms with van der Waals surface area (Å²) in [5.74, 6) is 8.05. The van der Waals surface area contributed by atoms with Gasteiger partial charge in [0.15, 0.2) is 5.82 Å². The summed E-state index contributed by atoms with van der Waals surface area (Å²) in [5, 5.41) is 0. The number of nitrogen functional groups attached to an aromatic ring is 2. The van der Waals surface area contributed by atoms with Crippen LogP contribution in [0.5, 0.6) is 0 Å². The van der Waals surface area contributed by atoms with Gasteiger partial charge in [0, 0.05) is 12.5 Å². The fraction of sp³-hybridized carbons (Fsp3) is 0.600. The zero-order valence-corrected chi connectivity index (χ0v) is 12.6. The van der Waals surface area contributed by atoms with Crippen LogP contribution in [0.3, 0.4) is 0 Å². The van der Waals surface area contributed by atoms with E-state index in [0.29, 0.717) is 11.7 Å². The van der Waals surface area contributed by atoms with E-state index >= 15 is 0 Å². The van der Waals surface area contributed by atoms with Crippen LogP contribution in [-0.4, -0.2) is 19.2 Å². The van der Waals surface area contributed by atoms with Crippen molar-refractivity contribution >= 4 is 5.82 Å². The summed E-state index contributed by atoms with van der Waals surface area (Å²) >= 11 is 0. The minimum Gasteiger partial charge on any atom is -0.382 e. The molecule has 0 aliphatic heterocycles. The van der Waals surface area contributed by atoms with Crippen LogP contribution in [0.2, 0.25) is 0 Å². The van der Waals surface area contributed by atoms with E-state index in [1.165, 1.54) is 19.3 Å². The van der Waals surface area contributed by atoms with Crippen LogP contribution in [0, 0.1) is 0 Å². The first-order valence-electron chi connectivity index (χ1n) is 7.86. The SMILES string of the molecule is CCCn1cncc1-c1nc(C2CCCCC2)n(N)c1N. The Kier molecular flexibility index (Phi) is 3.86. The Labute approximate surface area is 125 Å². The second kappa shape index (κ2) is 5.79. The molecular weight excluding hydrogens is 264 g/mol. The van der Waals surface area contributed by atoms with Crippen molar-refractivity contribution in [1.29, 1.82) is 0 Å².